The smallest absolute Gasteiger partial charge is 0.0281 e. The standard InChI is InChI=1S/C13H24N2/c1-4-5-8-15-9-12(11-6-7-11)14-10-13(15,2)3/h4-5,11-12,14H,6-10H2,1-3H3/b5-4+. The maximum absolute atomic E-state index is 3.71. The molecule has 1 heterocycles. The highest BCUT2D eigenvalue weighted by Gasteiger charge is 2.39. The Hall–Kier alpha value is -0.340. The third-order valence-corrected chi connectivity index (χ3v) is 3.82. The van der Waals surface area contributed by atoms with Crippen molar-refractivity contribution >= 4 is 0 Å². The predicted octanol–water partition coefficient (Wildman–Crippen LogP) is 2.02. The van der Waals surface area contributed by atoms with Gasteiger partial charge >= 0.3 is 0 Å². The maximum atomic E-state index is 3.71. The lowest BCUT2D eigenvalue weighted by atomic mass is 9.96. The zero-order valence-corrected chi connectivity index (χ0v) is 10.3. The molecule has 86 valence electrons. The highest BCUT2D eigenvalue weighted by molar-refractivity contribution is 5.00. The molecule has 0 radical (unpaired) electrons. The molecular weight excluding hydrogens is 184 g/mol. The Morgan fingerprint density at radius 1 is 1.40 bits per heavy atom. The van der Waals surface area contributed by atoms with Crippen LogP contribution >= 0.6 is 0 Å². The third-order valence-electron chi connectivity index (χ3n) is 3.82. The summed E-state index contributed by atoms with van der Waals surface area (Å²) in [6, 6.07) is 0.753. The van der Waals surface area contributed by atoms with Crippen molar-refractivity contribution in [2.45, 2.75) is 45.2 Å². The van der Waals surface area contributed by atoms with Gasteiger partial charge in [0.05, 0.1) is 0 Å². The number of piperazine rings is 1. The van der Waals surface area contributed by atoms with Crippen molar-refractivity contribution in [1.82, 2.24) is 10.2 Å². The molecule has 1 atom stereocenters. The van der Waals surface area contributed by atoms with E-state index in [1.807, 2.05) is 0 Å². The van der Waals surface area contributed by atoms with Crippen LogP contribution in [0.15, 0.2) is 12.2 Å². The van der Waals surface area contributed by atoms with Gasteiger partial charge in [0.2, 0.25) is 0 Å². The fourth-order valence-corrected chi connectivity index (χ4v) is 2.41. The summed E-state index contributed by atoms with van der Waals surface area (Å²) < 4.78 is 0. The summed E-state index contributed by atoms with van der Waals surface area (Å²) in [5.74, 6) is 0.967. The van der Waals surface area contributed by atoms with Crippen LogP contribution in [0.1, 0.15) is 33.6 Å². The Bertz CT molecular complexity index is 241. The number of nitrogens with zero attached hydrogens (tertiary/aromatic N) is 1. The van der Waals surface area contributed by atoms with Gasteiger partial charge in [-0.05, 0) is 39.5 Å². The van der Waals surface area contributed by atoms with E-state index >= 15 is 0 Å². The fraction of sp³-hybridized carbons (Fsp3) is 0.846. The molecule has 2 fully saturated rings. The van der Waals surface area contributed by atoms with E-state index < -0.39 is 0 Å². The Kier molecular flexibility index (Phi) is 3.17. The maximum Gasteiger partial charge on any atom is 0.0281 e. The topological polar surface area (TPSA) is 15.3 Å². The quantitative estimate of drug-likeness (QED) is 0.714. The summed E-state index contributed by atoms with van der Waals surface area (Å²) in [7, 11) is 0. The van der Waals surface area contributed by atoms with E-state index in [-0.39, 0.29) is 0 Å². The Balaban J connectivity index is 1.95. The number of hydrogen-bond donors (Lipinski definition) is 1. The van der Waals surface area contributed by atoms with Crippen molar-refractivity contribution in [2.75, 3.05) is 19.6 Å². The van der Waals surface area contributed by atoms with Crippen molar-refractivity contribution in [3.05, 3.63) is 12.2 Å². The summed E-state index contributed by atoms with van der Waals surface area (Å²) >= 11 is 0. The molecule has 2 nitrogen and oxygen atoms in total. The molecule has 1 unspecified atom stereocenters. The molecule has 1 aliphatic heterocycles. The lowest BCUT2D eigenvalue weighted by Gasteiger charge is -2.46. The molecule has 15 heavy (non-hydrogen) atoms. The minimum Gasteiger partial charge on any atom is -0.311 e. The van der Waals surface area contributed by atoms with Gasteiger partial charge in [-0.3, -0.25) is 4.90 Å². The van der Waals surface area contributed by atoms with Gasteiger partial charge in [0.25, 0.3) is 0 Å². The number of allylic oxidation sites excluding steroid dienone is 1. The Labute approximate surface area is 93.7 Å². The molecule has 0 aromatic rings. The van der Waals surface area contributed by atoms with E-state index in [0.29, 0.717) is 5.54 Å². The van der Waals surface area contributed by atoms with Gasteiger partial charge in [-0.1, -0.05) is 12.2 Å². The third kappa shape index (κ3) is 2.61. The second-order valence-electron chi connectivity index (χ2n) is 5.61. The van der Waals surface area contributed by atoms with Gasteiger partial charge in [0.1, 0.15) is 0 Å². The summed E-state index contributed by atoms with van der Waals surface area (Å²) in [6.07, 6.45) is 7.31. The summed E-state index contributed by atoms with van der Waals surface area (Å²) in [6.45, 7) is 10.2. The van der Waals surface area contributed by atoms with E-state index in [0.717, 1.165) is 25.0 Å². The van der Waals surface area contributed by atoms with E-state index in [4.69, 9.17) is 0 Å². The molecule has 0 spiro atoms. The monoisotopic (exact) mass is 208 g/mol. The molecule has 1 saturated heterocycles. The first-order valence-electron chi connectivity index (χ1n) is 6.23. The molecule has 0 bridgehead atoms. The van der Waals surface area contributed by atoms with Crippen LogP contribution in [0.4, 0.5) is 0 Å². The molecule has 2 rings (SSSR count). The normalized spacial score (nSPS) is 32.3. The van der Waals surface area contributed by atoms with Crippen LogP contribution in [-0.2, 0) is 0 Å². The van der Waals surface area contributed by atoms with Crippen LogP contribution < -0.4 is 5.32 Å². The lowest BCUT2D eigenvalue weighted by molar-refractivity contribution is 0.0727. The van der Waals surface area contributed by atoms with Crippen LogP contribution in [0.2, 0.25) is 0 Å². The highest BCUT2D eigenvalue weighted by Crippen LogP contribution is 2.35. The SMILES string of the molecule is C/C=C/CN1CC(C2CC2)NCC1(C)C. The second-order valence-corrected chi connectivity index (χ2v) is 5.61. The molecular formula is C13H24N2. The van der Waals surface area contributed by atoms with Crippen molar-refractivity contribution < 1.29 is 0 Å². The van der Waals surface area contributed by atoms with Crippen LogP contribution in [0, 0.1) is 5.92 Å². The minimum atomic E-state index is 0.310. The van der Waals surface area contributed by atoms with Gasteiger partial charge in [-0.2, -0.15) is 0 Å². The van der Waals surface area contributed by atoms with Crippen LogP contribution in [-0.4, -0.2) is 36.1 Å². The average Bonchev–Trinajstić information content (AvgIpc) is 2.99. The zero-order chi connectivity index (χ0) is 10.9. The van der Waals surface area contributed by atoms with Gasteiger partial charge in [0, 0.05) is 31.2 Å². The van der Waals surface area contributed by atoms with E-state index in [1.54, 1.807) is 0 Å². The van der Waals surface area contributed by atoms with Gasteiger partial charge in [-0.25, -0.2) is 0 Å². The van der Waals surface area contributed by atoms with Crippen LogP contribution in [0.25, 0.3) is 0 Å². The predicted molar refractivity (Wildman–Crippen MR) is 65.0 cm³/mol. The first-order chi connectivity index (χ1) is 7.13. The molecule has 0 amide bonds. The van der Waals surface area contributed by atoms with Crippen molar-refractivity contribution in [1.29, 1.82) is 0 Å². The second kappa shape index (κ2) is 4.26. The highest BCUT2D eigenvalue weighted by atomic mass is 15.3. The molecule has 1 aliphatic carbocycles. The van der Waals surface area contributed by atoms with Crippen molar-refractivity contribution in [2.24, 2.45) is 5.92 Å². The summed E-state index contributed by atoms with van der Waals surface area (Å²) in [5, 5.41) is 3.71. The zero-order valence-electron chi connectivity index (χ0n) is 10.3. The molecule has 2 heteroatoms. The van der Waals surface area contributed by atoms with E-state index in [9.17, 15) is 0 Å². The number of hydrogen-bond acceptors (Lipinski definition) is 2. The molecule has 1 saturated carbocycles. The molecule has 2 aliphatic rings. The lowest BCUT2D eigenvalue weighted by Crippen LogP contribution is -2.62. The average molecular weight is 208 g/mol. The van der Waals surface area contributed by atoms with E-state index in [1.165, 1.54) is 19.4 Å². The van der Waals surface area contributed by atoms with Crippen molar-refractivity contribution in [3.8, 4) is 0 Å². The van der Waals surface area contributed by atoms with E-state index in [2.05, 4.69) is 43.1 Å². The minimum absolute atomic E-state index is 0.310. The molecule has 0 aromatic heterocycles. The van der Waals surface area contributed by atoms with Crippen molar-refractivity contribution in [3.63, 3.8) is 0 Å². The van der Waals surface area contributed by atoms with Gasteiger partial charge in [-0.15, -0.1) is 0 Å². The number of rotatable bonds is 3. The molecule has 0 aromatic carbocycles. The molecule has 1 N–H and O–H groups in total. The fourth-order valence-electron chi connectivity index (χ4n) is 2.41. The van der Waals surface area contributed by atoms with Crippen LogP contribution in [0.5, 0.6) is 0 Å². The Morgan fingerprint density at radius 2 is 2.13 bits per heavy atom. The first kappa shape index (κ1) is 11.2. The number of nitrogens with one attached hydrogen (secondary N) is 1. The summed E-state index contributed by atoms with van der Waals surface area (Å²) in [4.78, 5) is 2.62. The first-order valence-corrected chi connectivity index (χ1v) is 6.23. The largest absolute Gasteiger partial charge is 0.311 e. The Morgan fingerprint density at radius 3 is 2.73 bits per heavy atom. The van der Waals surface area contributed by atoms with Gasteiger partial charge in [0.15, 0.2) is 0 Å². The van der Waals surface area contributed by atoms with Gasteiger partial charge < -0.3 is 5.32 Å². The van der Waals surface area contributed by atoms with Crippen LogP contribution in [0.3, 0.4) is 0 Å². The summed E-state index contributed by atoms with van der Waals surface area (Å²) in [5.41, 5.74) is 0.310.